The van der Waals surface area contributed by atoms with E-state index in [-0.39, 0.29) is 87.3 Å². The summed E-state index contributed by atoms with van der Waals surface area (Å²) in [6.07, 6.45) is 2.40. The molecule has 4 heterocycles. The lowest BCUT2D eigenvalue weighted by atomic mass is 9.96. The summed E-state index contributed by atoms with van der Waals surface area (Å²) in [7, 11) is -12.9. The zero-order chi connectivity index (χ0) is 80.0. The summed E-state index contributed by atoms with van der Waals surface area (Å²) < 4.78 is 77.1. The number of aromatic amines is 1. The van der Waals surface area contributed by atoms with E-state index in [1.165, 1.54) is 71.0 Å². The number of carboxylic acid groups (broad SMARTS) is 2. The molecule has 1 aliphatic heterocycles. The predicted octanol–water partition coefficient (Wildman–Crippen LogP) is 5.06. The number of aliphatic hydroxyl groups is 3. The summed E-state index contributed by atoms with van der Waals surface area (Å²) in [5, 5.41) is 44.1. The molecule has 0 saturated carbocycles. The lowest BCUT2D eigenvalue weighted by Crippen LogP contribution is -2.48. The number of nitrogens with two attached hydrogens (primary N) is 4. The van der Waals surface area contributed by atoms with Crippen LogP contribution < -0.4 is 32.8 Å². The van der Waals surface area contributed by atoms with Crippen LogP contribution >= 0.6 is 26.8 Å². The first kappa shape index (κ1) is 91.5. The van der Waals surface area contributed by atoms with Gasteiger partial charge in [-0.05, 0) is 91.2 Å². The molecule has 2 unspecified atom stereocenters. The second kappa shape index (κ2) is 44.0. The number of H-pyrrole nitrogens is 1. The number of hydrogen-bond donors (Lipinski definition) is 14. The van der Waals surface area contributed by atoms with E-state index in [9.17, 15) is 56.4 Å². The maximum Gasteiger partial charge on any atom is 0.369 e. The van der Waals surface area contributed by atoms with E-state index in [0.29, 0.717) is 34.8 Å². The van der Waals surface area contributed by atoms with Crippen LogP contribution in [-0.2, 0) is 60.9 Å². The summed E-state index contributed by atoms with van der Waals surface area (Å²) in [6, 6.07) is 34.2. The van der Waals surface area contributed by atoms with Crippen LogP contribution in [0.5, 0.6) is 0 Å². The molecule has 1 fully saturated rings. The molecule has 5 atom stereocenters. The van der Waals surface area contributed by atoms with Gasteiger partial charge in [0.2, 0.25) is 21.9 Å². The highest BCUT2D eigenvalue weighted by molar-refractivity contribution is 7.92. The van der Waals surface area contributed by atoms with Crippen LogP contribution in [-0.4, -0.2) is 219 Å². The number of carbonyl (C=O) groups excluding carboxylic acids is 1. The maximum absolute atomic E-state index is 13.5. The van der Waals surface area contributed by atoms with E-state index in [2.05, 4.69) is 83.3 Å². The van der Waals surface area contributed by atoms with Gasteiger partial charge in [0.05, 0.1) is 61.9 Å². The van der Waals surface area contributed by atoms with Crippen molar-refractivity contribution >= 4 is 83.9 Å². The Morgan fingerprint density at radius 2 is 1.40 bits per heavy atom. The smallest absolute Gasteiger partial charge is 0.369 e. The first-order valence-corrected chi connectivity index (χ1v) is 39.1. The summed E-state index contributed by atoms with van der Waals surface area (Å²) in [6.45, 7) is 14.5. The number of piperazine rings is 1. The number of aliphatic carboxylic acids is 2. The SMILES string of the molecule is CC(C)[C@H](N)C(=O)OCCOCn1cnc2c(=O)[nH]c(N)nc21.CC(C)c1nc(N(C)S(C)(=O)=O)nc(-c2ccc(F)cc2)c1/C=C/[C@@H](O)C[C@@H](O)CC(=O)O.CC(N)Cc1ccccc1.NCCCC(O)(P(=O)(O)O)P(=O)(O)O.O=C(O)COCCN1CCN(C(c2ccccc2)c2ccc(Cl)cc2)CC1. The lowest BCUT2D eigenvalue weighted by molar-refractivity contribution is -0.148. The molecule has 7 aromatic rings. The number of carbonyl (C=O) groups is 3. The minimum atomic E-state index is -5.30. The van der Waals surface area contributed by atoms with Crippen molar-refractivity contribution in [2.75, 3.05) is 89.0 Å². The Bertz CT molecular complexity index is 4190. The van der Waals surface area contributed by atoms with Crippen LogP contribution in [0, 0.1) is 11.7 Å². The lowest BCUT2D eigenvalue weighted by Gasteiger charge is -2.39. The first-order chi connectivity index (χ1) is 50.2. The van der Waals surface area contributed by atoms with Gasteiger partial charge in [-0.15, -0.1) is 0 Å². The third-order valence-electron chi connectivity index (χ3n) is 15.9. The minimum Gasteiger partial charge on any atom is -0.481 e. The van der Waals surface area contributed by atoms with Crippen LogP contribution in [0.2, 0.25) is 5.02 Å². The van der Waals surface area contributed by atoms with Crippen LogP contribution in [0.15, 0.2) is 126 Å². The van der Waals surface area contributed by atoms with Crippen molar-refractivity contribution < 1.29 is 95.6 Å². The number of fused-ring (bicyclic) bond motifs is 1. The van der Waals surface area contributed by atoms with E-state index < -0.39 is 90.7 Å². The monoisotopic (exact) mass is 1580 g/mol. The molecule has 590 valence electrons. The molecule has 38 heteroatoms. The third-order valence-corrected chi connectivity index (χ3v) is 21.2. The normalized spacial score (nSPS) is 14.4. The van der Waals surface area contributed by atoms with Crippen LogP contribution in [0.3, 0.4) is 0 Å². The fourth-order valence-electron chi connectivity index (χ4n) is 10.1. The second-order valence-corrected chi connectivity index (χ2v) is 31.9. The number of ether oxygens (including phenoxy) is 3. The van der Waals surface area contributed by atoms with Crippen LogP contribution in [0.25, 0.3) is 28.5 Å². The van der Waals surface area contributed by atoms with E-state index in [1.54, 1.807) is 0 Å². The number of sulfonamides is 1. The first-order valence-electron chi connectivity index (χ1n) is 33.7. The molecule has 18 N–H and O–H groups in total. The fraction of sp³-hybridized carbons (Fsp3) is 0.449. The molecule has 0 spiro atoms. The van der Waals surface area contributed by atoms with E-state index in [0.717, 1.165) is 54.7 Å². The van der Waals surface area contributed by atoms with Gasteiger partial charge in [0, 0.05) is 74.8 Å². The fourth-order valence-corrected chi connectivity index (χ4v) is 12.9. The Morgan fingerprint density at radius 1 is 0.813 bits per heavy atom. The Balaban J connectivity index is 0.000000297. The molecule has 0 radical (unpaired) electrons. The van der Waals surface area contributed by atoms with Gasteiger partial charge < -0.3 is 82.3 Å². The number of benzene rings is 4. The standard InChI is InChI=1S/C22H28FN3O6S.C21H25ClN2O3.C13H20N6O4.C9H13N.C4H13NO7P2/c1-13(2)20-18(10-9-16(27)11-17(28)12-19(29)30)21(14-5-7-15(23)8-6-14)25-22(24-20)26(3)33(4,31)32;22-19-8-6-18(7-9-19)21(17-4-2-1-3-5-17)24-12-10-23(11-13-24)14-15-27-16-20(25)26;1-7(2)8(14)12(21)23-4-3-22-6-19-5-16-9-10(19)17-13(15)18-11(9)20;1-8(10)7-9-5-3-2-4-6-9;5-3-1-2-4(6,13(7,8)9)14(10,11)12/h5-10,13,16-17,27-28H,11-12H2,1-4H3,(H,29,30);1-9,21H,10-16H2,(H,25,26);5,7-8H,3-4,6,14H2,1-2H3,(H3,15,17,18,20);2-6,8H,7,10H2,1H3;6H,1-3,5H2,(H2,7,8,9)(H2,10,11,12)/b10-9+;;;;/t16-,17-;;8-;;/m1.0../s1. The number of imidazole rings is 1. The van der Waals surface area contributed by atoms with Gasteiger partial charge in [0.25, 0.3) is 10.6 Å². The summed E-state index contributed by atoms with van der Waals surface area (Å²) in [4.78, 5) is 103. The number of nitrogens with one attached hydrogen (secondary N) is 1. The zero-order valence-corrected chi connectivity index (χ0v) is 63.8. The number of nitrogen functional groups attached to an aromatic ring is 1. The van der Waals surface area contributed by atoms with E-state index >= 15 is 0 Å². The second-order valence-electron chi connectivity index (χ2n) is 25.4. The molecule has 107 heavy (non-hydrogen) atoms. The number of carboxylic acids is 2. The van der Waals surface area contributed by atoms with Crippen molar-refractivity contribution in [3.63, 3.8) is 0 Å². The summed E-state index contributed by atoms with van der Waals surface area (Å²) in [5.74, 6) is -3.24. The Kier molecular flexibility index (Phi) is 37.6. The Morgan fingerprint density at radius 3 is 1.93 bits per heavy atom. The number of hydrogen-bond acceptors (Lipinski definition) is 24. The van der Waals surface area contributed by atoms with Gasteiger partial charge in [0.1, 0.15) is 31.8 Å². The number of rotatable bonds is 32. The van der Waals surface area contributed by atoms with Crippen molar-refractivity contribution in [1.82, 2.24) is 39.3 Å². The van der Waals surface area contributed by atoms with Gasteiger partial charge in [-0.2, -0.15) is 4.98 Å². The van der Waals surface area contributed by atoms with Gasteiger partial charge >= 0.3 is 33.1 Å². The van der Waals surface area contributed by atoms with E-state index in [4.69, 9.17) is 78.5 Å². The molecule has 8 rings (SSSR count). The van der Waals surface area contributed by atoms with Crippen molar-refractivity contribution in [2.45, 2.75) is 115 Å². The molecule has 0 aliphatic carbocycles. The average Bonchev–Trinajstić information content (AvgIpc) is 1.59. The van der Waals surface area contributed by atoms with Gasteiger partial charge in [-0.25, -0.2) is 36.9 Å². The molecule has 4 aromatic carbocycles. The molecule has 33 nitrogen and oxygen atoms in total. The molecule has 0 amide bonds. The molecular weight excluding hydrogens is 1480 g/mol. The Labute approximate surface area is 624 Å². The van der Waals surface area contributed by atoms with Crippen molar-refractivity contribution in [2.24, 2.45) is 23.1 Å². The highest BCUT2D eigenvalue weighted by Crippen LogP contribution is 2.69. The summed E-state index contributed by atoms with van der Waals surface area (Å²) >= 11 is 6.08. The number of anilines is 2. The van der Waals surface area contributed by atoms with Crippen molar-refractivity contribution in [3.8, 4) is 11.3 Å². The number of aliphatic hydroxyl groups excluding tert-OH is 2. The highest BCUT2D eigenvalue weighted by Gasteiger charge is 2.58. The summed E-state index contributed by atoms with van der Waals surface area (Å²) in [5.41, 5.74) is 27.5. The molecule has 0 bridgehead atoms. The molecule has 3 aromatic heterocycles. The largest absolute Gasteiger partial charge is 0.481 e. The minimum absolute atomic E-state index is 0.000790. The zero-order valence-electron chi connectivity index (χ0n) is 60.4. The van der Waals surface area contributed by atoms with Gasteiger partial charge in [-0.3, -0.25) is 42.9 Å². The van der Waals surface area contributed by atoms with Crippen LogP contribution in [0.4, 0.5) is 16.3 Å². The Hall–Kier alpha value is -7.87. The molecular formula is C69H99ClFN13O20P2S. The average molecular weight is 1580 g/mol. The maximum atomic E-state index is 13.5. The quantitative estimate of drug-likeness (QED) is 0.0149. The van der Waals surface area contributed by atoms with E-state index in [1.807, 2.05) is 71.0 Å². The topological polar surface area (TPSA) is 532 Å². The number of esters is 1. The third kappa shape index (κ3) is 30.6. The van der Waals surface area contributed by atoms with Crippen molar-refractivity contribution in [3.05, 3.63) is 171 Å². The number of halogens is 2. The van der Waals surface area contributed by atoms with Gasteiger partial charge in [-0.1, -0.05) is 124 Å². The highest BCUT2D eigenvalue weighted by atomic mass is 35.5. The predicted molar refractivity (Wildman–Crippen MR) is 402 cm³/mol. The number of aromatic nitrogens is 6. The molecule has 1 aliphatic rings. The number of nitrogens with zero attached hydrogens (tertiary/aromatic N) is 8. The van der Waals surface area contributed by atoms with Crippen LogP contribution in [0.1, 0.15) is 100 Å². The molecule has 1 saturated heterocycles. The van der Waals surface area contributed by atoms with Gasteiger partial charge in [0.15, 0.2) is 11.2 Å². The van der Waals surface area contributed by atoms with Crippen molar-refractivity contribution in [1.29, 1.82) is 0 Å².